The van der Waals surface area contributed by atoms with Crippen molar-refractivity contribution in [3.05, 3.63) is 191 Å². The lowest BCUT2D eigenvalue weighted by Crippen LogP contribution is -2.78. The number of rotatable bonds is 6. The van der Waals surface area contributed by atoms with Gasteiger partial charge in [-0.2, -0.15) is 4.57 Å². The molecule has 1 spiro atoms. The number of benzene rings is 7. The molecule has 12 rings (SSSR count). The summed E-state index contributed by atoms with van der Waals surface area (Å²) < 4.78 is 33.4. The Bertz CT molecular complexity index is 3410. The number of hydrogen-bond donors (Lipinski definition) is 0. The van der Waals surface area contributed by atoms with Crippen LogP contribution in [0, 0.1) is 20.8 Å². The number of para-hydroxylation sites is 1. The summed E-state index contributed by atoms with van der Waals surface area (Å²) in [5.41, 5.74) is 21.9. The number of aryl methyl sites for hydroxylation is 3. The smallest absolute Gasteiger partial charge is 0.392 e. The lowest BCUT2D eigenvalue weighted by molar-refractivity contribution is -0.997. The van der Waals surface area contributed by atoms with Gasteiger partial charge in [0.25, 0.3) is 0 Å². The zero-order valence-corrected chi connectivity index (χ0v) is 36.3. The summed E-state index contributed by atoms with van der Waals surface area (Å²) in [4.78, 5) is 0. The lowest BCUT2D eigenvalue weighted by atomic mass is 9.85. The van der Waals surface area contributed by atoms with Crippen molar-refractivity contribution in [3.63, 3.8) is 0 Å². The van der Waals surface area contributed by atoms with E-state index in [0.717, 1.165) is 101 Å². The van der Waals surface area contributed by atoms with Crippen LogP contribution in [0.2, 0.25) is 0 Å². The first-order valence-corrected chi connectivity index (χ1v) is 21.8. The van der Waals surface area contributed by atoms with Crippen LogP contribution in [-0.4, -0.2) is 4.57 Å². The number of nitrogens with zero attached hydrogens (tertiary/aromatic N) is 3. The summed E-state index contributed by atoms with van der Waals surface area (Å²) in [6.45, 7) is 14.2. The standard InChI is InChI=1S/C58H49N3O/c1-34(2)45-15-11-16-46(35(3)4)53(45)41-23-25-44(26-24-41)60-51-18-12-17-47-48-31-43(39-13-9-8-10-14-39)32-49-52-33-42(40-21-19-36(5)20-22-40)27-28-59(52)58(54(48)49)61(55(47)51)57(60)50-30-37(6)29-38(7)56(50)62-58/h8-35H,1-7H3/q+2/i34D,35D. The second-order valence-electron chi connectivity index (χ2n) is 18.0. The van der Waals surface area contributed by atoms with Crippen molar-refractivity contribution in [2.24, 2.45) is 0 Å². The highest BCUT2D eigenvalue weighted by Gasteiger charge is 2.68. The molecule has 3 aliphatic rings. The summed E-state index contributed by atoms with van der Waals surface area (Å²) in [6, 6.07) is 55.0. The maximum atomic E-state index is 9.15. The van der Waals surface area contributed by atoms with Crippen molar-refractivity contribution >= 4 is 11.0 Å². The third-order valence-corrected chi connectivity index (χ3v) is 13.5. The van der Waals surface area contributed by atoms with Crippen molar-refractivity contribution < 1.29 is 16.6 Å². The van der Waals surface area contributed by atoms with Crippen LogP contribution in [0.4, 0.5) is 0 Å². The zero-order valence-electron chi connectivity index (χ0n) is 38.3. The van der Waals surface area contributed by atoms with Crippen molar-refractivity contribution in [2.45, 2.75) is 66.1 Å². The molecular weight excluding hydrogens is 755 g/mol. The van der Waals surface area contributed by atoms with Gasteiger partial charge in [-0.1, -0.05) is 130 Å². The number of imidazole rings is 1. The number of pyridine rings is 1. The molecule has 0 saturated heterocycles. The van der Waals surface area contributed by atoms with E-state index in [4.69, 9.17) is 7.48 Å². The zero-order chi connectivity index (χ0) is 44.0. The van der Waals surface area contributed by atoms with Gasteiger partial charge in [-0.25, -0.2) is 0 Å². The van der Waals surface area contributed by atoms with E-state index in [2.05, 4.69) is 174 Å². The normalized spacial score (nSPS) is 16.0. The second-order valence-corrected chi connectivity index (χ2v) is 18.0. The molecule has 0 N–H and O–H groups in total. The molecule has 9 aromatic rings. The molecule has 62 heavy (non-hydrogen) atoms. The fraction of sp³-hybridized carbons (Fsp3) is 0.172. The quantitative estimate of drug-likeness (QED) is 0.153. The Balaban J connectivity index is 1.18. The second kappa shape index (κ2) is 13.2. The number of ether oxygens (including phenoxy) is 1. The van der Waals surface area contributed by atoms with E-state index < -0.39 is 17.6 Å². The van der Waals surface area contributed by atoms with Gasteiger partial charge in [0.05, 0.1) is 5.56 Å². The minimum Gasteiger partial charge on any atom is -0.392 e. The molecule has 0 bridgehead atoms. The third-order valence-electron chi connectivity index (χ3n) is 13.5. The maximum absolute atomic E-state index is 9.15. The first kappa shape index (κ1) is 34.6. The maximum Gasteiger partial charge on any atom is 0.499 e. The van der Waals surface area contributed by atoms with Gasteiger partial charge in [-0.05, 0) is 131 Å². The van der Waals surface area contributed by atoms with Gasteiger partial charge in [-0.3, -0.25) is 0 Å². The van der Waals surface area contributed by atoms with E-state index in [9.17, 15) is 0 Å². The van der Waals surface area contributed by atoms with Gasteiger partial charge in [0.1, 0.15) is 16.8 Å². The van der Waals surface area contributed by atoms with Crippen LogP contribution in [-0.2, 0) is 5.85 Å². The van der Waals surface area contributed by atoms with Crippen molar-refractivity contribution in [3.8, 4) is 78.6 Å². The molecule has 5 heterocycles. The lowest BCUT2D eigenvalue weighted by Gasteiger charge is -2.33. The summed E-state index contributed by atoms with van der Waals surface area (Å²) in [5, 5.41) is 0. The average molecular weight is 806 g/mol. The Hall–Kier alpha value is -7.04. The van der Waals surface area contributed by atoms with Crippen molar-refractivity contribution in [1.29, 1.82) is 0 Å². The predicted octanol–water partition coefficient (Wildman–Crippen LogP) is 13.6. The molecule has 4 heteroatoms. The molecule has 4 nitrogen and oxygen atoms in total. The SMILES string of the molecule is [2H]C(C)(C)c1cccc(C([2H])(C)C)c1-c1ccc(-n2c3[n+]4c5c(cccc52)-c2cc(-c5ccccc5)cc5c2C4(Oc2c(C)cc(C)cc2-3)[n+]2ccc(-c3ccc(C)cc3)cc2-5)cc1. The minimum absolute atomic E-state index is 0.856. The minimum atomic E-state index is -1.07. The fourth-order valence-corrected chi connectivity index (χ4v) is 10.7. The molecule has 0 amide bonds. The Kier molecular flexibility index (Phi) is 7.39. The van der Waals surface area contributed by atoms with E-state index >= 15 is 0 Å². The third kappa shape index (κ3) is 5.01. The number of aromatic nitrogens is 3. The largest absolute Gasteiger partial charge is 0.499 e. The van der Waals surface area contributed by atoms with E-state index in [1.165, 1.54) is 22.3 Å². The highest BCUT2D eigenvalue weighted by Crippen LogP contribution is 2.55. The van der Waals surface area contributed by atoms with Crippen LogP contribution in [0.3, 0.4) is 0 Å². The molecule has 0 fully saturated rings. The van der Waals surface area contributed by atoms with Crippen molar-refractivity contribution in [2.75, 3.05) is 0 Å². The van der Waals surface area contributed by atoms with Crippen molar-refractivity contribution in [1.82, 2.24) is 4.57 Å². The van der Waals surface area contributed by atoms with Gasteiger partial charge < -0.3 is 4.74 Å². The summed E-state index contributed by atoms with van der Waals surface area (Å²) in [6.07, 6.45) is 2.24. The van der Waals surface area contributed by atoms with Gasteiger partial charge in [0.15, 0.2) is 23.0 Å². The molecule has 3 aliphatic heterocycles. The summed E-state index contributed by atoms with van der Waals surface area (Å²) >= 11 is 0. The van der Waals surface area contributed by atoms with Crippen LogP contribution >= 0.6 is 0 Å². The van der Waals surface area contributed by atoms with Gasteiger partial charge in [-0.15, -0.1) is 9.13 Å². The van der Waals surface area contributed by atoms with Crippen LogP contribution in [0.1, 0.15) is 75.6 Å². The Labute approximate surface area is 366 Å². The highest BCUT2D eigenvalue weighted by molar-refractivity contribution is 5.99. The van der Waals surface area contributed by atoms with Crippen LogP contribution in [0.25, 0.3) is 83.9 Å². The monoisotopic (exact) mass is 805 g/mol. The predicted molar refractivity (Wildman–Crippen MR) is 252 cm³/mol. The Morgan fingerprint density at radius 2 is 1.24 bits per heavy atom. The Morgan fingerprint density at radius 3 is 1.97 bits per heavy atom. The molecule has 300 valence electrons. The van der Waals surface area contributed by atoms with Crippen LogP contribution in [0.5, 0.6) is 5.75 Å². The summed E-state index contributed by atoms with van der Waals surface area (Å²) in [5.74, 6) is -0.864. The van der Waals surface area contributed by atoms with Gasteiger partial charge >= 0.3 is 11.7 Å². The van der Waals surface area contributed by atoms with E-state index in [-0.39, 0.29) is 0 Å². The first-order chi connectivity index (χ1) is 30.7. The van der Waals surface area contributed by atoms with Crippen LogP contribution in [0.15, 0.2) is 158 Å². The van der Waals surface area contributed by atoms with E-state index in [1.54, 1.807) is 0 Å². The number of fused-ring (bicyclic) bond motifs is 5. The molecule has 0 aliphatic carbocycles. The molecule has 0 radical (unpaired) electrons. The fourth-order valence-electron chi connectivity index (χ4n) is 10.7. The molecule has 7 aromatic carbocycles. The van der Waals surface area contributed by atoms with E-state index in [1.807, 2.05) is 45.9 Å². The molecule has 0 saturated carbocycles. The Morgan fingerprint density at radius 1 is 0.565 bits per heavy atom. The molecule has 2 aromatic heterocycles. The van der Waals surface area contributed by atoms with Gasteiger partial charge in [0, 0.05) is 26.0 Å². The van der Waals surface area contributed by atoms with E-state index in [0.29, 0.717) is 0 Å². The topological polar surface area (TPSA) is 21.9 Å². The van der Waals surface area contributed by atoms with Gasteiger partial charge in [0.2, 0.25) is 5.69 Å². The average Bonchev–Trinajstić information content (AvgIpc) is 3.78. The highest BCUT2D eigenvalue weighted by atomic mass is 16.5. The molecular formula is C58H49N3O+2. The first-order valence-electron chi connectivity index (χ1n) is 22.8. The number of hydrogen-bond acceptors (Lipinski definition) is 1. The summed E-state index contributed by atoms with van der Waals surface area (Å²) in [7, 11) is 0. The molecule has 1 unspecified atom stereocenters. The van der Waals surface area contributed by atoms with Crippen LogP contribution < -0.4 is 13.9 Å². The molecule has 1 atom stereocenters.